The summed E-state index contributed by atoms with van der Waals surface area (Å²) in [6, 6.07) is 4.93. The standard InChI is InChI=1S/C13H14ClN3O2S/c14-10-1-2-11(15-5-10)6-16-13(19)17-7-12(18)9-3-4-20-8-9/h1-5,8,12,18H,6-7H2,(H2,16,17,19). The molecule has 0 aliphatic carbocycles. The molecule has 0 radical (unpaired) electrons. The Labute approximate surface area is 125 Å². The van der Waals surface area contributed by atoms with Crippen LogP contribution in [0.3, 0.4) is 0 Å². The molecule has 5 nitrogen and oxygen atoms in total. The number of carbonyl (C=O) groups excluding carboxylic acids is 1. The van der Waals surface area contributed by atoms with Crippen molar-refractivity contribution in [1.29, 1.82) is 0 Å². The summed E-state index contributed by atoms with van der Waals surface area (Å²) in [7, 11) is 0. The van der Waals surface area contributed by atoms with Crippen LogP contribution in [0.2, 0.25) is 5.02 Å². The van der Waals surface area contributed by atoms with Crippen LogP contribution in [0.1, 0.15) is 17.4 Å². The van der Waals surface area contributed by atoms with E-state index >= 15 is 0 Å². The number of aliphatic hydroxyl groups is 1. The summed E-state index contributed by atoms with van der Waals surface area (Å²) >= 11 is 7.22. The van der Waals surface area contributed by atoms with Crippen LogP contribution in [-0.2, 0) is 6.54 Å². The molecule has 2 aromatic heterocycles. The summed E-state index contributed by atoms with van der Waals surface area (Å²) in [5, 5.41) is 19.4. The number of aliphatic hydroxyl groups excluding tert-OH is 1. The van der Waals surface area contributed by atoms with E-state index in [4.69, 9.17) is 11.6 Å². The van der Waals surface area contributed by atoms with Gasteiger partial charge in [-0.2, -0.15) is 11.3 Å². The van der Waals surface area contributed by atoms with Crippen molar-refractivity contribution in [3.8, 4) is 0 Å². The van der Waals surface area contributed by atoms with Crippen LogP contribution in [-0.4, -0.2) is 22.7 Å². The van der Waals surface area contributed by atoms with Gasteiger partial charge in [-0.05, 0) is 34.5 Å². The molecule has 7 heteroatoms. The Morgan fingerprint density at radius 1 is 1.40 bits per heavy atom. The van der Waals surface area contributed by atoms with Gasteiger partial charge in [0.05, 0.1) is 23.4 Å². The highest BCUT2D eigenvalue weighted by molar-refractivity contribution is 7.07. The molecule has 0 aromatic carbocycles. The minimum atomic E-state index is -0.694. The fraction of sp³-hybridized carbons (Fsp3) is 0.231. The fourth-order valence-electron chi connectivity index (χ4n) is 1.52. The SMILES string of the molecule is O=C(NCc1ccc(Cl)cn1)NCC(O)c1ccsc1. The number of thiophene rings is 1. The third-order valence-corrected chi connectivity index (χ3v) is 3.53. The number of carbonyl (C=O) groups is 1. The number of nitrogens with zero attached hydrogens (tertiary/aromatic N) is 1. The van der Waals surface area contributed by atoms with E-state index in [0.717, 1.165) is 5.56 Å². The predicted octanol–water partition coefficient (Wildman–Crippen LogP) is 2.33. The Kier molecular flexibility index (Phi) is 5.34. The molecule has 3 N–H and O–H groups in total. The molecule has 1 unspecified atom stereocenters. The second kappa shape index (κ2) is 7.23. The monoisotopic (exact) mass is 311 g/mol. The first-order valence-corrected chi connectivity index (χ1v) is 7.29. The summed E-state index contributed by atoms with van der Waals surface area (Å²) in [4.78, 5) is 15.6. The first kappa shape index (κ1) is 14.8. The fourth-order valence-corrected chi connectivity index (χ4v) is 2.34. The molecule has 0 spiro atoms. The van der Waals surface area contributed by atoms with Gasteiger partial charge in [-0.15, -0.1) is 0 Å². The lowest BCUT2D eigenvalue weighted by molar-refractivity contribution is 0.173. The summed E-state index contributed by atoms with van der Waals surface area (Å²) < 4.78 is 0. The zero-order valence-electron chi connectivity index (χ0n) is 10.5. The third kappa shape index (κ3) is 4.48. The quantitative estimate of drug-likeness (QED) is 0.793. The van der Waals surface area contributed by atoms with Crippen LogP contribution in [0, 0.1) is 0 Å². The first-order valence-electron chi connectivity index (χ1n) is 5.97. The predicted molar refractivity (Wildman–Crippen MR) is 78.8 cm³/mol. The molecular formula is C13H14ClN3O2S. The number of hydrogen-bond acceptors (Lipinski definition) is 4. The van der Waals surface area contributed by atoms with E-state index in [-0.39, 0.29) is 12.6 Å². The second-order valence-electron chi connectivity index (χ2n) is 4.10. The van der Waals surface area contributed by atoms with Crippen molar-refractivity contribution in [2.75, 3.05) is 6.54 Å². The molecule has 0 saturated carbocycles. The highest BCUT2D eigenvalue weighted by Gasteiger charge is 2.09. The maximum absolute atomic E-state index is 11.6. The minimum absolute atomic E-state index is 0.163. The summed E-state index contributed by atoms with van der Waals surface area (Å²) in [5.74, 6) is 0. The number of aromatic nitrogens is 1. The number of halogens is 1. The van der Waals surface area contributed by atoms with Crippen molar-refractivity contribution >= 4 is 29.0 Å². The van der Waals surface area contributed by atoms with E-state index in [1.165, 1.54) is 17.5 Å². The van der Waals surface area contributed by atoms with E-state index in [2.05, 4.69) is 15.6 Å². The van der Waals surface area contributed by atoms with Crippen molar-refractivity contribution in [1.82, 2.24) is 15.6 Å². The number of urea groups is 1. The molecule has 2 aromatic rings. The Hall–Kier alpha value is -1.63. The third-order valence-electron chi connectivity index (χ3n) is 2.60. The normalized spacial score (nSPS) is 11.9. The molecule has 2 rings (SSSR count). The second-order valence-corrected chi connectivity index (χ2v) is 5.32. The molecular weight excluding hydrogens is 298 g/mol. The van der Waals surface area contributed by atoms with E-state index in [1.807, 2.05) is 16.8 Å². The van der Waals surface area contributed by atoms with Crippen LogP contribution in [0.4, 0.5) is 4.79 Å². The smallest absolute Gasteiger partial charge is 0.315 e. The summed E-state index contributed by atoms with van der Waals surface area (Å²) in [5.41, 5.74) is 1.51. The average Bonchev–Trinajstić information content (AvgIpc) is 2.98. The largest absolute Gasteiger partial charge is 0.387 e. The summed E-state index contributed by atoms with van der Waals surface area (Å²) in [6.45, 7) is 0.466. The molecule has 0 bridgehead atoms. The van der Waals surface area contributed by atoms with Crippen LogP contribution < -0.4 is 10.6 Å². The number of nitrogens with one attached hydrogen (secondary N) is 2. The molecule has 0 aliphatic heterocycles. The lowest BCUT2D eigenvalue weighted by atomic mass is 10.2. The zero-order valence-corrected chi connectivity index (χ0v) is 12.1. The molecule has 0 aliphatic rings. The Morgan fingerprint density at radius 2 is 2.25 bits per heavy atom. The van der Waals surface area contributed by atoms with Gasteiger partial charge in [0, 0.05) is 12.7 Å². The Morgan fingerprint density at radius 3 is 2.90 bits per heavy atom. The van der Waals surface area contributed by atoms with E-state index in [0.29, 0.717) is 17.3 Å². The summed E-state index contributed by atoms with van der Waals surface area (Å²) in [6.07, 6.45) is 0.831. The van der Waals surface area contributed by atoms with Crippen LogP contribution in [0.5, 0.6) is 0 Å². The highest BCUT2D eigenvalue weighted by Crippen LogP contribution is 2.14. The van der Waals surface area contributed by atoms with E-state index in [9.17, 15) is 9.90 Å². The maximum Gasteiger partial charge on any atom is 0.315 e. The molecule has 2 amide bonds. The molecule has 20 heavy (non-hydrogen) atoms. The van der Waals surface area contributed by atoms with Crippen molar-refractivity contribution in [3.05, 3.63) is 51.4 Å². The van der Waals surface area contributed by atoms with Crippen molar-refractivity contribution < 1.29 is 9.90 Å². The highest BCUT2D eigenvalue weighted by atomic mass is 35.5. The zero-order chi connectivity index (χ0) is 14.4. The van der Waals surface area contributed by atoms with Gasteiger partial charge < -0.3 is 15.7 Å². The maximum atomic E-state index is 11.6. The van der Waals surface area contributed by atoms with Gasteiger partial charge in [0.15, 0.2) is 0 Å². The number of amides is 2. The Balaban J connectivity index is 1.71. The molecule has 0 saturated heterocycles. The van der Waals surface area contributed by atoms with Crippen LogP contribution in [0.15, 0.2) is 35.2 Å². The molecule has 106 valence electrons. The van der Waals surface area contributed by atoms with Gasteiger partial charge >= 0.3 is 6.03 Å². The molecule has 0 fully saturated rings. The van der Waals surface area contributed by atoms with Crippen molar-refractivity contribution in [3.63, 3.8) is 0 Å². The minimum Gasteiger partial charge on any atom is -0.387 e. The number of pyridine rings is 1. The Bertz CT molecular complexity index is 545. The lowest BCUT2D eigenvalue weighted by Crippen LogP contribution is -2.37. The van der Waals surface area contributed by atoms with Gasteiger partial charge in [0.1, 0.15) is 0 Å². The lowest BCUT2D eigenvalue weighted by Gasteiger charge is -2.11. The van der Waals surface area contributed by atoms with Crippen LogP contribution in [0.25, 0.3) is 0 Å². The molecule has 1 atom stereocenters. The molecule has 2 heterocycles. The van der Waals surface area contributed by atoms with Crippen LogP contribution >= 0.6 is 22.9 Å². The van der Waals surface area contributed by atoms with Crippen molar-refractivity contribution in [2.24, 2.45) is 0 Å². The van der Waals surface area contributed by atoms with Gasteiger partial charge in [0.2, 0.25) is 0 Å². The van der Waals surface area contributed by atoms with Gasteiger partial charge in [0.25, 0.3) is 0 Å². The van der Waals surface area contributed by atoms with E-state index < -0.39 is 6.10 Å². The van der Waals surface area contributed by atoms with Gasteiger partial charge in [-0.1, -0.05) is 11.6 Å². The van der Waals surface area contributed by atoms with Gasteiger partial charge in [-0.3, -0.25) is 4.98 Å². The van der Waals surface area contributed by atoms with Gasteiger partial charge in [-0.25, -0.2) is 4.79 Å². The topological polar surface area (TPSA) is 74.2 Å². The number of hydrogen-bond donors (Lipinski definition) is 3. The average molecular weight is 312 g/mol. The van der Waals surface area contributed by atoms with Crippen molar-refractivity contribution in [2.45, 2.75) is 12.6 Å². The van der Waals surface area contributed by atoms with E-state index in [1.54, 1.807) is 12.1 Å². The first-order chi connectivity index (χ1) is 9.65. The number of rotatable bonds is 5.